The number of carbonyl (C=O) groups excluding carboxylic acids is 1. The number of nitrogens with zero attached hydrogens (tertiary/aromatic N) is 1. The van der Waals surface area contributed by atoms with Crippen LogP contribution in [0.1, 0.15) is 30.5 Å². The minimum absolute atomic E-state index is 0.0559. The minimum atomic E-state index is -0.514. The Bertz CT molecular complexity index is 458. The summed E-state index contributed by atoms with van der Waals surface area (Å²) in [5.74, 6) is 0. The van der Waals surface area contributed by atoms with Crippen molar-refractivity contribution < 1.29 is 9.90 Å². The van der Waals surface area contributed by atoms with Gasteiger partial charge in [0.05, 0.1) is 6.10 Å². The highest BCUT2D eigenvalue weighted by Gasteiger charge is 2.14. The summed E-state index contributed by atoms with van der Waals surface area (Å²) < 4.78 is 0. The lowest BCUT2D eigenvalue weighted by Gasteiger charge is -2.23. The highest BCUT2D eigenvalue weighted by Crippen LogP contribution is 2.12. The van der Waals surface area contributed by atoms with Crippen LogP contribution in [-0.4, -0.2) is 41.8 Å². The molecule has 0 spiro atoms. The van der Waals surface area contributed by atoms with Crippen molar-refractivity contribution in [2.24, 2.45) is 0 Å². The Balaban J connectivity index is 2.54. The zero-order valence-electron chi connectivity index (χ0n) is 13.1. The second kappa shape index (κ2) is 7.29. The Morgan fingerprint density at radius 2 is 2.00 bits per heavy atom. The van der Waals surface area contributed by atoms with Gasteiger partial charge in [0.2, 0.25) is 0 Å². The number of amides is 2. The van der Waals surface area contributed by atoms with Crippen LogP contribution in [0.4, 0.5) is 4.79 Å². The molecule has 0 fully saturated rings. The first-order valence-electron chi connectivity index (χ1n) is 7.05. The number of urea groups is 1. The molecule has 0 saturated carbocycles. The summed E-state index contributed by atoms with van der Waals surface area (Å²) >= 11 is 0. The second-order valence-electron chi connectivity index (χ2n) is 5.71. The summed E-state index contributed by atoms with van der Waals surface area (Å²) in [5, 5.41) is 12.2. The van der Waals surface area contributed by atoms with E-state index in [1.165, 1.54) is 21.6 Å². The van der Waals surface area contributed by atoms with Gasteiger partial charge in [-0.1, -0.05) is 23.8 Å². The van der Waals surface area contributed by atoms with Crippen molar-refractivity contribution in [1.29, 1.82) is 0 Å². The van der Waals surface area contributed by atoms with Crippen molar-refractivity contribution in [1.82, 2.24) is 10.2 Å². The Morgan fingerprint density at radius 1 is 1.35 bits per heavy atom. The average molecular weight is 278 g/mol. The van der Waals surface area contributed by atoms with E-state index in [9.17, 15) is 9.90 Å². The molecule has 0 aliphatic heterocycles. The first-order valence-corrected chi connectivity index (χ1v) is 7.05. The Morgan fingerprint density at radius 3 is 2.55 bits per heavy atom. The van der Waals surface area contributed by atoms with Gasteiger partial charge in [-0.15, -0.1) is 0 Å². The monoisotopic (exact) mass is 278 g/mol. The molecule has 2 amide bonds. The summed E-state index contributed by atoms with van der Waals surface area (Å²) in [7, 11) is 1.69. The van der Waals surface area contributed by atoms with Crippen LogP contribution in [0, 0.1) is 13.8 Å². The van der Waals surface area contributed by atoms with Gasteiger partial charge < -0.3 is 15.3 Å². The van der Waals surface area contributed by atoms with Crippen molar-refractivity contribution in [3.8, 4) is 0 Å². The molecule has 0 heterocycles. The molecular formula is C16H26N2O2. The molecule has 112 valence electrons. The maximum absolute atomic E-state index is 11.9. The highest BCUT2D eigenvalue weighted by molar-refractivity contribution is 5.74. The van der Waals surface area contributed by atoms with Gasteiger partial charge in [-0.2, -0.15) is 0 Å². The van der Waals surface area contributed by atoms with Crippen molar-refractivity contribution in [2.45, 2.75) is 46.3 Å². The number of benzene rings is 1. The predicted molar refractivity (Wildman–Crippen MR) is 81.9 cm³/mol. The van der Waals surface area contributed by atoms with Gasteiger partial charge in [-0.05, 0) is 45.2 Å². The normalized spacial score (nSPS) is 13.7. The van der Waals surface area contributed by atoms with Crippen LogP contribution in [0.3, 0.4) is 0 Å². The second-order valence-corrected chi connectivity index (χ2v) is 5.71. The third kappa shape index (κ3) is 5.21. The summed E-state index contributed by atoms with van der Waals surface area (Å²) in [6, 6.07) is 6.27. The molecule has 2 atom stereocenters. The van der Waals surface area contributed by atoms with E-state index < -0.39 is 6.10 Å². The molecule has 4 nitrogen and oxygen atoms in total. The van der Waals surface area contributed by atoms with Gasteiger partial charge in [0.1, 0.15) is 0 Å². The van der Waals surface area contributed by atoms with Crippen LogP contribution in [0.2, 0.25) is 0 Å². The fourth-order valence-corrected chi connectivity index (χ4v) is 2.26. The largest absolute Gasteiger partial charge is 0.392 e. The van der Waals surface area contributed by atoms with E-state index in [1.54, 1.807) is 14.0 Å². The number of hydrogen-bond acceptors (Lipinski definition) is 2. The molecule has 0 radical (unpaired) electrons. The maximum Gasteiger partial charge on any atom is 0.317 e. The zero-order chi connectivity index (χ0) is 15.3. The van der Waals surface area contributed by atoms with Gasteiger partial charge in [-0.3, -0.25) is 0 Å². The molecule has 1 aromatic carbocycles. The molecule has 0 aliphatic carbocycles. The number of aryl methyl sites for hydroxylation is 2. The van der Waals surface area contributed by atoms with Crippen LogP contribution in [0.5, 0.6) is 0 Å². The molecule has 20 heavy (non-hydrogen) atoms. The number of rotatable bonds is 5. The van der Waals surface area contributed by atoms with Crippen LogP contribution in [0.25, 0.3) is 0 Å². The standard InChI is InChI=1S/C16H26N2O2/c1-11-6-7-15(12(2)8-11)9-13(3)17-16(20)18(5)10-14(4)19/h6-8,13-14,19H,9-10H2,1-5H3,(H,17,20). The lowest BCUT2D eigenvalue weighted by molar-refractivity contribution is 0.142. The SMILES string of the molecule is Cc1ccc(CC(C)NC(=O)N(C)CC(C)O)c(C)c1. The summed E-state index contributed by atoms with van der Waals surface area (Å²) in [5.41, 5.74) is 3.75. The van der Waals surface area contributed by atoms with E-state index in [2.05, 4.69) is 37.4 Å². The van der Waals surface area contributed by atoms with Crippen molar-refractivity contribution in [3.63, 3.8) is 0 Å². The zero-order valence-corrected chi connectivity index (χ0v) is 13.1. The molecule has 1 aromatic rings. The molecule has 0 aromatic heterocycles. The van der Waals surface area contributed by atoms with E-state index in [4.69, 9.17) is 0 Å². The summed E-state index contributed by atoms with van der Waals surface area (Å²) in [6.45, 7) is 8.17. The highest BCUT2D eigenvalue weighted by atomic mass is 16.3. The molecule has 0 bridgehead atoms. The number of aliphatic hydroxyl groups is 1. The lowest BCUT2D eigenvalue weighted by Crippen LogP contribution is -2.44. The summed E-state index contributed by atoms with van der Waals surface area (Å²) in [6.07, 6.45) is 0.292. The number of likely N-dealkylation sites (N-methyl/N-ethyl adjacent to an activating group) is 1. The molecule has 4 heteroatoms. The van der Waals surface area contributed by atoms with Gasteiger partial charge in [0.15, 0.2) is 0 Å². The van der Waals surface area contributed by atoms with E-state index >= 15 is 0 Å². The third-order valence-corrected chi connectivity index (χ3v) is 3.28. The van der Waals surface area contributed by atoms with Crippen LogP contribution in [0.15, 0.2) is 18.2 Å². The van der Waals surface area contributed by atoms with Gasteiger partial charge in [0.25, 0.3) is 0 Å². The minimum Gasteiger partial charge on any atom is -0.392 e. The van der Waals surface area contributed by atoms with E-state index in [1.807, 2.05) is 6.92 Å². The lowest BCUT2D eigenvalue weighted by atomic mass is 10.00. The summed E-state index contributed by atoms with van der Waals surface area (Å²) in [4.78, 5) is 13.4. The van der Waals surface area contributed by atoms with E-state index in [0.717, 1.165) is 6.42 Å². The number of hydrogen-bond donors (Lipinski definition) is 2. The smallest absolute Gasteiger partial charge is 0.317 e. The van der Waals surface area contributed by atoms with Crippen LogP contribution >= 0.6 is 0 Å². The fourth-order valence-electron chi connectivity index (χ4n) is 2.26. The Hall–Kier alpha value is -1.55. The predicted octanol–water partition coefficient (Wildman–Crippen LogP) is 2.26. The Labute approximate surface area is 121 Å². The van der Waals surface area contributed by atoms with E-state index in [0.29, 0.717) is 6.54 Å². The van der Waals surface area contributed by atoms with Gasteiger partial charge >= 0.3 is 6.03 Å². The molecule has 2 unspecified atom stereocenters. The van der Waals surface area contributed by atoms with Gasteiger partial charge in [-0.25, -0.2) is 4.79 Å². The Kier molecular flexibility index (Phi) is 6.02. The van der Waals surface area contributed by atoms with Crippen molar-refractivity contribution >= 4 is 6.03 Å². The molecule has 0 saturated heterocycles. The molecule has 2 N–H and O–H groups in total. The molecular weight excluding hydrogens is 252 g/mol. The topological polar surface area (TPSA) is 52.6 Å². The first-order chi connectivity index (χ1) is 9.29. The molecule has 0 aliphatic rings. The first kappa shape index (κ1) is 16.5. The maximum atomic E-state index is 11.9. The van der Waals surface area contributed by atoms with Crippen LogP contribution in [-0.2, 0) is 6.42 Å². The van der Waals surface area contributed by atoms with Gasteiger partial charge in [0, 0.05) is 19.6 Å². The van der Waals surface area contributed by atoms with Crippen molar-refractivity contribution in [3.05, 3.63) is 34.9 Å². The number of nitrogens with one attached hydrogen (secondary N) is 1. The number of aliphatic hydroxyl groups excluding tert-OH is 1. The van der Waals surface area contributed by atoms with E-state index in [-0.39, 0.29) is 12.1 Å². The average Bonchev–Trinajstić information content (AvgIpc) is 2.31. The van der Waals surface area contributed by atoms with Crippen LogP contribution < -0.4 is 5.32 Å². The number of carbonyl (C=O) groups is 1. The molecule has 1 rings (SSSR count). The fraction of sp³-hybridized carbons (Fsp3) is 0.562. The third-order valence-electron chi connectivity index (χ3n) is 3.28. The van der Waals surface area contributed by atoms with Crippen molar-refractivity contribution in [2.75, 3.05) is 13.6 Å². The quantitative estimate of drug-likeness (QED) is 0.868.